The highest BCUT2D eigenvalue weighted by atomic mass is 16.4. The lowest BCUT2D eigenvalue weighted by Crippen LogP contribution is -2.33. The van der Waals surface area contributed by atoms with Crippen LogP contribution in [0.25, 0.3) is 0 Å². The van der Waals surface area contributed by atoms with Crippen LogP contribution in [0, 0.1) is 5.41 Å². The number of nitrogens with zero attached hydrogens (tertiary/aromatic N) is 1. The van der Waals surface area contributed by atoms with E-state index in [0.29, 0.717) is 37.8 Å². The van der Waals surface area contributed by atoms with Gasteiger partial charge in [0.15, 0.2) is 0 Å². The normalized spacial score (nSPS) is 13.0. The number of aliphatic hydroxyl groups excluding tert-OH is 1. The number of carbonyl (C=O) groups is 1. The lowest BCUT2D eigenvalue weighted by molar-refractivity contribution is -0.137. The first-order chi connectivity index (χ1) is 14.2. The molecule has 0 bridgehead atoms. The highest BCUT2D eigenvalue weighted by Crippen LogP contribution is 2.28. The number of aliphatic carboxylic acids is 1. The van der Waals surface area contributed by atoms with E-state index < -0.39 is 17.8 Å². The zero-order chi connectivity index (χ0) is 22.1. The molecule has 1 unspecified atom stereocenters. The number of carboxylic acid groups (broad SMARTS) is 1. The summed E-state index contributed by atoms with van der Waals surface area (Å²) in [6.07, 6.45) is 5.76. The van der Waals surface area contributed by atoms with E-state index in [1.165, 1.54) is 4.57 Å². The van der Waals surface area contributed by atoms with E-state index in [9.17, 15) is 19.8 Å². The summed E-state index contributed by atoms with van der Waals surface area (Å²) >= 11 is 0. The summed E-state index contributed by atoms with van der Waals surface area (Å²) in [6.45, 7) is 4.29. The van der Waals surface area contributed by atoms with Gasteiger partial charge in [0.1, 0.15) is 0 Å². The molecule has 0 aliphatic rings. The molecule has 30 heavy (non-hydrogen) atoms. The number of nitrogens with one attached hydrogen (secondary N) is 1. The Morgan fingerprint density at radius 2 is 1.93 bits per heavy atom. The number of hydrogen-bond acceptors (Lipinski definition) is 4. The van der Waals surface area contributed by atoms with E-state index in [1.54, 1.807) is 0 Å². The van der Waals surface area contributed by atoms with Gasteiger partial charge in [-0.05, 0) is 36.7 Å². The topological polar surface area (TPSA) is 116 Å². The Morgan fingerprint density at radius 3 is 2.60 bits per heavy atom. The number of benzene rings is 1. The molecule has 0 saturated carbocycles. The van der Waals surface area contributed by atoms with Crippen molar-refractivity contribution < 1.29 is 20.1 Å². The van der Waals surface area contributed by atoms with Gasteiger partial charge in [-0.1, -0.05) is 56.3 Å². The molecule has 7 nitrogen and oxygen atoms in total. The van der Waals surface area contributed by atoms with Crippen LogP contribution in [0.1, 0.15) is 50.8 Å². The zero-order valence-corrected chi connectivity index (χ0v) is 17.7. The number of rotatable bonds is 12. The molecule has 2 rings (SSSR count). The van der Waals surface area contributed by atoms with Gasteiger partial charge < -0.3 is 15.3 Å². The molecule has 0 fully saturated rings. The number of carboxylic acids is 1. The molecule has 0 saturated heterocycles. The summed E-state index contributed by atoms with van der Waals surface area (Å²) in [6, 6.07) is 9.97. The number of hydrogen-bond donors (Lipinski definition) is 4. The van der Waals surface area contributed by atoms with Crippen molar-refractivity contribution in [2.24, 2.45) is 5.41 Å². The number of aromatic nitrogens is 2. The van der Waals surface area contributed by atoms with Crippen LogP contribution in [0.3, 0.4) is 0 Å². The van der Waals surface area contributed by atoms with Gasteiger partial charge in [-0.25, -0.2) is 4.79 Å². The fourth-order valence-electron chi connectivity index (χ4n) is 3.50. The Balaban J connectivity index is 1.96. The smallest absolute Gasteiger partial charge is 0.328 e. The molecule has 2 aromatic rings. The van der Waals surface area contributed by atoms with Crippen molar-refractivity contribution in [1.82, 2.24) is 9.55 Å². The fourth-order valence-corrected chi connectivity index (χ4v) is 3.50. The Bertz CT molecular complexity index is 896. The van der Waals surface area contributed by atoms with Gasteiger partial charge in [-0.3, -0.25) is 14.3 Å². The zero-order valence-electron chi connectivity index (χ0n) is 17.7. The number of aliphatic hydroxyl groups is 1. The van der Waals surface area contributed by atoms with Crippen LogP contribution in [-0.2, 0) is 24.2 Å². The number of aromatic amines is 1. The number of imidazole rings is 1. The number of aromatic hydroxyl groups is 1. The van der Waals surface area contributed by atoms with E-state index in [0.717, 1.165) is 5.56 Å². The molecule has 4 N–H and O–H groups in total. The van der Waals surface area contributed by atoms with Gasteiger partial charge in [-0.2, -0.15) is 0 Å². The van der Waals surface area contributed by atoms with Crippen molar-refractivity contribution >= 4 is 5.97 Å². The summed E-state index contributed by atoms with van der Waals surface area (Å²) in [5.41, 5.74) is 0.831. The lowest BCUT2D eigenvalue weighted by Gasteiger charge is -2.31. The van der Waals surface area contributed by atoms with Crippen molar-refractivity contribution in [3.63, 3.8) is 0 Å². The van der Waals surface area contributed by atoms with Gasteiger partial charge in [0.25, 0.3) is 0 Å². The first kappa shape index (κ1) is 23.5. The standard InChI is InChI=1S/C23H32N2O5/c1-23(2,16-17-10-6-5-7-11-17)19(26)14-15-25-18(21(29)24-22(25)30)12-8-3-4-9-13-20(27)28/h3,5-8,10-11,19,26,29H,4,9,12-16H2,1-2H3,(H,24,30)(H,27,28). The van der Waals surface area contributed by atoms with Crippen LogP contribution in [0.2, 0.25) is 0 Å². The summed E-state index contributed by atoms with van der Waals surface area (Å²) in [4.78, 5) is 25.1. The van der Waals surface area contributed by atoms with Gasteiger partial charge in [0, 0.05) is 19.4 Å². The number of H-pyrrole nitrogens is 1. The predicted octanol–water partition coefficient (Wildman–Crippen LogP) is 3.26. The first-order valence-corrected chi connectivity index (χ1v) is 10.3. The van der Waals surface area contributed by atoms with Crippen LogP contribution >= 0.6 is 0 Å². The second-order valence-corrected chi connectivity index (χ2v) is 8.29. The molecular weight excluding hydrogens is 384 g/mol. The largest absolute Gasteiger partial charge is 0.493 e. The molecule has 7 heteroatoms. The third-order valence-electron chi connectivity index (χ3n) is 5.34. The lowest BCUT2D eigenvalue weighted by atomic mass is 9.79. The highest BCUT2D eigenvalue weighted by molar-refractivity contribution is 5.66. The second kappa shape index (κ2) is 10.8. The summed E-state index contributed by atoms with van der Waals surface area (Å²) < 4.78 is 1.46. The molecule has 164 valence electrons. The van der Waals surface area contributed by atoms with Crippen LogP contribution < -0.4 is 5.69 Å². The third-order valence-corrected chi connectivity index (χ3v) is 5.34. The molecule has 0 radical (unpaired) electrons. The van der Waals surface area contributed by atoms with E-state index in [-0.39, 0.29) is 24.3 Å². The van der Waals surface area contributed by atoms with Gasteiger partial charge in [0.2, 0.25) is 5.88 Å². The molecule has 1 aromatic carbocycles. The minimum absolute atomic E-state index is 0.112. The van der Waals surface area contributed by atoms with Crippen LogP contribution in [0.15, 0.2) is 47.3 Å². The highest BCUT2D eigenvalue weighted by Gasteiger charge is 2.28. The summed E-state index contributed by atoms with van der Waals surface area (Å²) in [5, 5.41) is 29.5. The van der Waals surface area contributed by atoms with E-state index in [2.05, 4.69) is 4.98 Å². The minimum atomic E-state index is -0.825. The number of allylic oxidation sites excluding steroid dienone is 2. The third kappa shape index (κ3) is 6.91. The summed E-state index contributed by atoms with van der Waals surface area (Å²) in [7, 11) is 0. The number of unbranched alkanes of at least 4 members (excludes halogenated alkanes) is 1. The van der Waals surface area contributed by atoms with E-state index in [1.807, 2.05) is 56.3 Å². The monoisotopic (exact) mass is 416 g/mol. The van der Waals surface area contributed by atoms with Crippen molar-refractivity contribution in [1.29, 1.82) is 0 Å². The quantitative estimate of drug-likeness (QED) is 0.313. The maximum Gasteiger partial charge on any atom is 0.328 e. The van der Waals surface area contributed by atoms with Crippen molar-refractivity contribution in [3.8, 4) is 5.88 Å². The molecule has 1 atom stereocenters. The second-order valence-electron chi connectivity index (χ2n) is 8.29. The Morgan fingerprint density at radius 1 is 1.23 bits per heavy atom. The van der Waals surface area contributed by atoms with Crippen LogP contribution in [-0.4, -0.2) is 36.9 Å². The van der Waals surface area contributed by atoms with Gasteiger partial charge in [-0.15, -0.1) is 0 Å². The molecule has 0 aliphatic heterocycles. The predicted molar refractivity (Wildman–Crippen MR) is 116 cm³/mol. The van der Waals surface area contributed by atoms with E-state index in [4.69, 9.17) is 5.11 Å². The maximum absolute atomic E-state index is 12.2. The SMILES string of the molecule is CC(C)(Cc1ccccc1)C(O)CCn1c(CC=CCCCC(=O)O)c(O)[nH]c1=O. The Labute approximate surface area is 176 Å². The van der Waals surface area contributed by atoms with Crippen LogP contribution in [0.5, 0.6) is 5.88 Å². The fraction of sp³-hybridized carbons (Fsp3) is 0.478. The van der Waals surface area contributed by atoms with Crippen molar-refractivity contribution in [2.75, 3.05) is 0 Å². The van der Waals surface area contributed by atoms with Gasteiger partial charge >= 0.3 is 11.7 Å². The molecular formula is C23H32N2O5. The van der Waals surface area contributed by atoms with Crippen molar-refractivity contribution in [2.45, 2.75) is 65.0 Å². The molecule has 1 heterocycles. The average Bonchev–Trinajstić information content (AvgIpc) is 2.95. The maximum atomic E-state index is 12.2. The molecule has 1 aromatic heterocycles. The minimum Gasteiger partial charge on any atom is -0.493 e. The average molecular weight is 417 g/mol. The Hall–Kier alpha value is -2.80. The van der Waals surface area contributed by atoms with E-state index >= 15 is 0 Å². The molecule has 0 amide bonds. The van der Waals surface area contributed by atoms with Crippen LogP contribution in [0.4, 0.5) is 0 Å². The summed E-state index contributed by atoms with van der Waals surface area (Å²) in [5.74, 6) is -0.998. The van der Waals surface area contributed by atoms with Gasteiger partial charge in [0.05, 0.1) is 11.8 Å². The molecule has 0 aliphatic carbocycles. The first-order valence-electron chi connectivity index (χ1n) is 10.3. The molecule has 0 spiro atoms. The Kier molecular flexibility index (Phi) is 8.47. The van der Waals surface area contributed by atoms with Crippen molar-refractivity contribution in [3.05, 3.63) is 64.2 Å².